The number of piperidine rings is 1. The van der Waals surface area contributed by atoms with Crippen molar-refractivity contribution in [1.82, 2.24) is 15.1 Å². The summed E-state index contributed by atoms with van der Waals surface area (Å²) in [6, 6.07) is -0.266. The molecule has 2 saturated heterocycles. The molecule has 2 rings (SSSR count). The second-order valence-corrected chi connectivity index (χ2v) is 8.37. The van der Waals surface area contributed by atoms with Crippen LogP contribution in [0.1, 0.15) is 33.6 Å². The highest BCUT2D eigenvalue weighted by Gasteiger charge is 2.41. The standard InChI is InChI=1S/C16H29N3O2S.ClH/c1-16(2,3)15(21)19-11-22-10-13(19)14(20)18-7-5-12(6-8-18)9-17-4;/h12-13,17H,5-11H2,1-4H3;1H. The molecule has 23 heavy (non-hydrogen) atoms. The lowest BCUT2D eigenvalue weighted by molar-refractivity contribution is -0.148. The summed E-state index contributed by atoms with van der Waals surface area (Å²) in [6.45, 7) is 8.43. The lowest BCUT2D eigenvalue weighted by Gasteiger charge is -2.36. The third-order valence-electron chi connectivity index (χ3n) is 4.49. The molecule has 134 valence electrons. The van der Waals surface area contributed by atoms with E-state index in [0.29, 0.717) is 11.8 Å². The third kappa shape index (κ3) is 5.00. The van der Waals surface area contributed by atoms with Crippen LogP contribution in [0.2, 0.25) is 0 Å². The molecule has 0 saturated carbocycles. The van der Waals surface area contributed by atoms with Gasteiger partial charge in [0.25, 0.3) is 0 Å². The van der Waals surface area contributed by atoms with Crippen molar-refractivity contribution in [1.29, 1.82) is 0 Å². The van der Waals surface area contributed by atoms with Gasteiger partial charge in [0, 0.05) is 24.3 Å². The first-order valence-electron chi connectivity index (χ1n) is 8.16. The Morgan fingerprint density at radius 1 is 1.22 bits per heavy atom. The van der Waals surface area contributed by atoms with E-state index < -0.39 is 5.41 Å². The topological polar surface area (TPSA) is 52.7 Å². The Morgan fingerprint density at radius 2 is 1.83 bits per heavy atom. The molecule has 5 nitrogen and oxygen atoms in total. The molecule has 0 aromatic heterocycles. The summed E-state index contributed by atoms with van der Waals surface area (Å²) in [5.41, 5.74) is -0.427. The fourth-order valence-electron chi connectivity index (χ4n) is 3.14. The number of rotatable bonds is 3. The van der Waals surface area contributed by atoms with Crippen molar-refractivity contribution < 1.29 is 9.59 Å². The molecule has 2 heterocycles. The first kappa shape index (κ1) is 20.6. The fraction of sp³-hybridized carbons (Fsp3) is 0.875. The third-order valence-corrected chi connectivity index (χ3v) is 5.50. The molecule has 2 aliphatic rings. The predicted molar refractivity (Wildman–Crippen MR) is 97.9 cm³/mol. The summed E-state index contributed by atoms with van der Waals surface area (Å²) in [5.74, 6) is 2.27. The van der Waals surface area contributed by atoms with Gasteiger partial charge in [0.1, 0.15) is 6.04 Å². The summed E-state index contributed by atoms with van der Waals surface area (Å²) in [6.07, 6.45) is 2.11. The number of thioether (sulfide) groups is 1. The number of nitrogens with zero attached hydrogens (tertiary/aromatic N) is 2. The van der Waals surface area contributed by atoms with Gasteiger partial charge in [-0.05, 0) is 32.4 Å². The second kappa shape index (κ2) is 8.58. The first-order chi connectivity index (χ1) is 10.3. The summed E-state index contributed by atoms with van der Waals surface area (Å²) in [4.78, 5) is 29.1. The Hall–Kier alpha value is -0.460. The van der Waals surface area contributed by atoms with Gasteiger partial charge >= 0.3 is 0 Å². The van der Waals surface area contributed by atoms with Gasteiger partial charge in [-0.3, -0.25) is 9.59 Å². The Labute approximate surface area is 150 Å². The Kier molecular flexibility index (Phi) is 7.68. The number of halogens is 1. The molecule has 0 aromatic rings. The quantitative estimate of drug-likeness (QED) is 0.831. The minimum absolute atomic E-state index is 0. The van der Waals surface area contributed by atoms with Crippen molar-refractivity contribution in [2.75, 3.05) is 38.3 Å². The Balaban J connectivity index is 0.00000264. The zero-order valence-electron chi connectivity index (χ0n) is 14.6. The van der Waals surface area contributed by atoms with Gasteiger partial charge in [-0.2, -0.15) is 0 Å². The predicted octanol–water partition coefficient (Wildman–Crippen LogP) is 1.81. The number of amides is 2. The Bertz CT molecular complexity index is 420. The first-order valence-corrected chi connectivity index (χ1v) is 9.32. The maximum atomic E-state index is 12.8. The number of hydrogen-bond donors (Lipinski definition) is 1. The van der Waals surface area contributed by atoms with Crippen molar-refractivity contribution >= 4 is 36.0 Å². The van der Waals surface area contributed by atoms with E-state index in [4.69, 9.17) is 0 Å². The highest BCUT2D eigenvalue weighted by atomic mass is 35.5. The van der Waals surface area contributed by atoms with Crippen LogP contribution in [-0.4, -0.2) is 66.0 Å². The van der Waals surface area contributed by atoms with Crippen molar-refractivity contribution in [2.45, 2.75) is 39.7 Å². The zero-order chi connectivity index (χ0) is 16.3. The van der Waals surface area contributed by atoms with Gasteiger partial charge in [0.15, 0.2) is 0 Å². The van der Waals surface area contributed by atoms with E-state index in [2.05, 4.69) is 5.32 Å². The highest BCUT2D eigenvalue weighted by Crippen LogP contribution is 2.29. The van der Waals surface area contributed by atoms with E-state index in [1.54, 1.807) is 16.7 Å². The summed E-state index contributed by atoms with van der Waals surface area (Å²) >= 11 is 1.68. The lowest BCUT2D eigenvalue weighted by atomic mass is 9.93. The molecular formula is C16H30ClN3O2S. The maximum Gasteiger partial charge on any atom is 0.246 e. The highest BCUT2D eigenvalue weighted by molar-refractivity contribution is 7.99. The van der Waals surface area contributed by atoms with Crippen LogP contribution in [0.3, 0.4) is 0 Å². The molecule has 0 aliphatic carbocycles. The molecule has 2 amide bonds. The number of hydrogen-bond acceptors (Lipinski definition) is 4. The smallest absolute Gasteiger partial charge is 0.246 e. The number of carbonyl (C=O) groups is 2. The molecule has 1 atom stereocenters. The minimum Gasteiger partial charge on any atom is -0.341 e. The average molecular weight is 364 g/mol. The van der Waals surface area contributed by atoms with E-state index in [0.717, 1.165) is 38.2 Å². The largest absolute Gasteiger partial charge is 0.341 e. The number of likely N-dealkylation sites (tertiary alicyclic amines) is 1. The molecule has 0 spiro atoms. The SMILES string of the molecule is CNCC1CCN(C(=O)C2CSCN2C(=O)C(C)(C)C)CC1.Cl. The Morgan fingerprint density at radius 3 is 2.35 bits per heavy atom. The van der Waals surface area contributed by atoms with Crippen molar-refractivity contribution in [3.8, 4) is 0 Å². The molecule has 0 bridgehead atoms. The van der Waals surface area contributed by atoms with Gasteiger partial charge in [0.2, 0.25) is 11.8 Å². The lowest BCUT2D eigenvalue weighted by Crippen LogP contribution is -2.53. The number of nitrogens with one attached hydrogen (secondary N) is 1. The van der Waals surface area contributed by atoms with Crippen LogP contribution < -0.4 is 5.32 Å². The van der Waals surface area contributed by atoms with Crippen LogP contribution in [0.5, 0.6) is 0 Å². The van der Waals surface area contributed by atoms with Gasteiger partial charge in [-0.1, -0.05) is 20.8 Å². The molecule has 1 unspecified atom stereocenters. The zero-order valence-corrected chi connectivity index (χ0v) is 16.3. The summed E-state index contributed by atoms with van der Waals surface area (Å²) in [5, 5.41) is 3.22. The molecule has 0 radical (unpaired) electrons. The monoisotopic (exact) mass is 363 g/mol. The average Bonchev–Trinajstić information content (AvgIpc) is 2.95. The van der Waals surface area contributed by atoms with Crippen molar-refractivity contribution in [2.24, 2.45) is 11.3 Å². The van der Waals surface area contributed by atoms with E-state index in [9.17, 15) is 9.59 Å². The van der Waals surface area contributed by atoms with E-state index in [1.165, 1.54) is 0 Å². The fourth-order valence-corrected chi connectivity index (χ4v) is 4.28. The second-order valence-electron chi connectivity index (χ2n) is 7.37. The molecule has 2 fully saturated rings. The van der Waals surface area contributed by atoms with Crippen LogP contribution >= 0.6 is 24.2 Å². The summed E-state index contributed by atoms with van der Waals surface area (Å²) in [7, 11) is 1.98. The molecule has 0 aromatic carbocycles. The van der Waals surface area contributed by atoms with Gasteiger partial charge in [-0.25, -0.2) is 0 Å². The van der Waals surface area contributed by atoms with Crippen LogP contribution in [0.15, 0.2) is 0 Å². The van der Waals surface area contributed by atoms with Crippen LogP contribution in [0.4, 0.5) is 0 Å². The molecular weight excluding hydrogens is 334 g/mol. The van der Waals surface area contributed by atoms with E-state index >= 15 is 0 Å². The van der Waals surface area contributed by atoms with Crippen molar-refractivity contribution in [3.05, 3.63) is 0 Å². The van der Waals surface area contributed by atoms with E-state index in [-0.39, 0.29) is 30.3 Å². The van der Waals surface area contributed by atoms with E-state index in [1.807, 2.05) is 32.7 Å². The van der Waals surface area contributed by atoms with Crippen LogP contribution in [0.25, 0.3) is 0 Å². The minimum atomic E-state index is -0.427. The van der Waals surface area contributed by atoms with Gasteiger partial charge < -0.3 is 15.1 Å². The van der Waals surface area contributed by atoms with Crippen LogP contribution in [-0.2, 0) is 9.59 Å². The normalized spacial score (nSPS) is 22.9. The van der Waals surface area contributed by atoms with Gasteiger partial charge in [-0.15, -0.1) is 24.2 Å². The van der Waals surface area contributed by atoms with Crippen molar-refractivity contribution in [3.63, 3.8) is 0 Å². The maximum absolute atomic E-state index is 12.8. The molecule has 7 heteroatoms. The summed E-state index contributed by atoms with van der Waals surface area (Å²) < 4.78 is 0. The molecule has 1 N–H and O–H groups in total. The molecule has 2 aliphatic heterocycles. The number of carbonyl (C=O) groups excluding carboxylic acids is 2. The van der Waals surface area contributed by atoms with Gasteiger partial charge in [0.05, 0.1) is 5.88 Å². The van der Waals surface area contributed by atoms with Crippen LogP contribution in [0, 0.1) is 11.3 Å².